The first-order valence-electron chi connectivity index (χ1n) is 11.6. The molecule has 0 aliphatic rings. The normalized spacial score (nSPS) is 10.8. The lowest BCUT2D eigenvalue weighted by molar-refractivity contribution is -0.384. The number of carbonyl (C=O) groups excluding carboxylic acids is 2. The number of amides is 2. The third-order valence-electron chi connectivity index (χ3n) is 5.88. The lowest BCUT2D eigenvalue weighted by atomic mass is 10.0. The van der Waals surface area contributed by atoms with Crippen molar-refractivity contribution in [2.45, 2.75) is 44.9 Å². The summed E-state index contributed by atoms with van der Waals surface area (Å²) >= 11 is 0. The van der Waals surface area contributed by atoms with Gasteiger partial charge in [-0.1, -0.05) is 25.3 Å². The van der Waals surface area contributed by atoms with E-state index >= 15 is 0 Å². The van der Waals surface area contributed by atoms with Crippen molar-refractivity contribution in [3.63, 3.8) is 0 Å². The highest BCUT2D eigenvalue weighted by Crippen LogP contribution is 2.29. The van der Waals surface area contributed by atoms with Gasteiger partial charge in [0.25, 0.3) is 11.6 Å². The van der Waals surface area contributed by atoms with Crippen molar-refractivity contribution >= 4 is 28.4 Å². The molecule has 4 N–H and O–H groups in total. The van der Waals surface area contributed by atoms with Gasteiger partial charge in [0.1, 0.15) is 5.75 Å². The van der Waals surface area contributed by atoms with Crippen LogP contribution in [0.4, 0.5) is 5.69 Å². The standard InChI is InChI=1S/C25H30N4O6/c1-35-23-14-18(25(31)26-12-6-4-2-3-5-7-24(30)28-32)9-8-17(23)13-19-16-27-22-11-10-20(29(33)34)15-21(19)22/h8-11,14-16,27,32H,2-7,12-13H2,1H3,(H,26,31)(H,28,30). The first-order chi connectivity index (χ1) is 16.9. The third-order valence-corrected chi connectivity index (χ3v) is 5.88. The van der Waals surface area contributed by atoms with Crippen LogP contribution in [0.25, 0.3) is 10.9 Å². The minimum absolute atomic E-state index is 0.0337. The number of H-pyrrole nitrogens is 1. The Bertz CT molecular complexity index is 1190. The summed E-state index contributed by atoms with van der Waals surface area (Å²) in [7, 11) is 1.55. The van der Waals surface area contributed by atoms with E-state index in [9.17, 15) is 19.7 Å². The van der Waals surface area contributed by atoms with E-state index in [0.29, 0.717) is 30.7 Å². The summed E-state index contributed by atoms with van der Waals surface area (Å²) in [6, 6.07) is 10.0. The molecule has 0 saturated carbocycles. The number of aromatic nitrogens is 1. The van der Waals surface area contributed by atoms with Crippen LogP contribution in [-0.4, -0.2) is 40.6 Å². The molecule has 10 nitrogen and oxygen atoms in total. The summed E-state index contributed by atoms with van der Waals surface area (Å²) < 4.78 is 5.52. The molecule has 0 aliphatic carbocycles. The van der Waals surface area contributed by atoms with Crippen molar-refractivity contribution in [3.8, 4) is 5.75 Å². The van der Waals surface area contributed by atoms with Crippen LogP contribution in [0.5, 0.6) is 5.75 Å². The number of unbranched alkanes of at least 4 members (excludes halogenated alkanes) is 4. The Morgan fingerprint density at radius 2 is 1.83 bits per heavy atom. The molecule has 0 saturated heterocycles. The number of carbonyl (C=O) groups is 2. The van der Waals surface area contributed by atoms with E-state index in [1.807, 2.05) is 12.3 Å². The molecule has 10 heteroatoms. The molecule has 2 amide bonds. The van der Waals surface area contributed by atoms with E-state index in [2.05, 4.69) is 10.3 Å². The van der Waals surface area contributed by atoms with Gasteiger partial charge in [0.05, 0.1) is 12.0 Å². The van der Waals surface area contributed by atoms with Crippen molar-refractivity contribution in [3.05, 3.63) is 69.4 Å². The third kappa shape index (κ3) is 7.03. The lowest BCUT2D eigenvalue weighted by Gasteiger charge is -2.11. The minimum atomic E-state index is -0.413. The number of non-ortho nitro benzene ring substituents is 1. The number of nitrogens with zero attached hydrogens (tertiary/aromatic N) is 1. The highest BCUT2D eigenvalue weighted by Gasteiger charge is 2.14. The highest BCUT2D eigenvalue weighted by atomic mass is 16.6. The summed E-state index contributed by atoms with van der Waals surface area (Å²) in [5.74, 6) is 0.0191. The largest absolute Gasteiger partial charge is 0.496 e. The van der Waals surface area contributed by atoms with E-state index in [4.69, 9.17) is 9.94 Å². The highest BCUT2D eigenvalue weighted by molar-refractivity contribution is 5.94. The molecule has 2 aromatic carbocycles. The first-order valence-corrected chi connectivity index (χ1v) is 11.6. The van der Waals surface area contributed by atoms with Crippen LogP contribution >= 0.6 is 0 Å². The average Bonchev–Trinajstić information content (AvgIpc) is 3.27. The number of methoxy groups -OCH3 is 1. The average molecular weight is 483 g/mol. The van der Waals surface area contributed by atoms with Crippen LogP contribution in [0.3, 0.4) is 0 Å². The summed E-state index contributed by atoms with van der Waals surface area (Å²) in [5, 5.41) is 23.3. The van der Waals surface area contributed by atoms with Crippen LogP contribution < -0.4 is 15.5 Å². The molecule has 3 aromatic rings. The fourth-order valence-corrected chi connectivity index (χ4v) is 3.96. The molecule has 1 aromatic heterocycles. The lowest BCUT2D eigenvalue weighted by Crippen LogP contribution is -2.24. The molecular weight excluding hydrogens is 452 g/mol. The summed E-state index contributed by atoms with van der Waals surface area (Å²) in [5.41, 5.74) is 4.73. The zero-order valence-electron chi connectivity index (χ0n) is 19.6. The second-order valence-electron chi connectivity index (χ2n) is 8.31. The number of hydrogen-bond acceptors (Lipinski definition) is 6. The first kappa shape index (κ1) is 25.7. The second kappa shape index (κ2) is 12.5. The molecule has 3 rings (SSSR count). The molecule has 35 heavy (non-hydrogen) atoms. The molecule has 0 fully saturated rings. The Hall–Kier alpha value is -3.92. The zero-order valence-corrected chi connectivity index (χ0v) is 19.6. The monoisotopic (exact) mass is 482 g/mol. The fourth-order valence-electron chi connectivity index (χ4n) is 3.96. The van der Waals surface area contributed by atoms with E-state index in [0.717, 1.165) is 54.1 Å². The van der Waals surface area contributed by atoms with Gasteiger partial charge in [-0.3, -0.25) is 24.9 Å². The van der Waals surface area contributed by atoms with Crippen LogP contribution in [0.15, 0.2) is 42.6 Å². The number of fused-ring (bicyclic) bond motifs is 1. The summed E-state index contributed by atoms with van der Waals surface area (Å²) in [6.45, 7) is 0.550. The van der Waals surface area contributed by atoms with Crippen molar-refractivity contribution in [2.75, 3.05) is 13.7 Å². The number of hydrogen-bond donors (Lipinski definition) is 4. The van der Waals surface area contributed by atoms with Crippen LogP contribution in [0.1, 0.15) is 60.0 Å². The van der Waals surface area contributed by atoms with Gasteiger partial charge in [0, 0.05) is 54.2 Å². The van der Waals surface area contributed by atoms with Gasteiger partial charge in [0.15, 0.2) is 0 Å². The number of aromatic amines is 1. The number of benzene rings is 2. The number of ether oxygens (including phenoxy) is 1. The number of nitro benzene ring substituents is 1. The van der Waals surface area contributed by atoms with Gasteiger partial charge in [-0.25, -0.2) is 5.48 Å². The van der Waals surface area contributed by atoms with Gasteiger partial charge in [-0.2, -0.15) is 0 Å². The molecule has 0 aliphatic heterocycles. The van der Waals surface area contributed by atoms with Gasteiger partial charge < -0.3 is 15.0 Å². The van der Waals surface area contributed by atoms with Crippen LogP contribution in [-0.2, 0) is 11.2 Å². The van der Waals surface area contributed by atoms with Gasteiger partial charge in [-0.15, -0.1) is 0 Å². The Morgan fingerprint density at radius 3 is 2.57 bits per heavy atom. The smallest absolute Gasteiger partial charge is 0.270 e. The van der Waals surface area contributed by atoms with Crippen molar-refractivity contribution < 1.29 is 24.5 Å². The fraction of sp³-hybridized carbons (Fsp3) is 0.360. The predicted octanol–water partition coefficient (Wildman–Crippen LogP) is 4.25. The van der Waals surface area contributed by atoms with Crippen LogP contribution in [0.2, 0.25) is 0 Å². The molecule has 0 atom stereocenters. The molecule has 1 heterocycles. The SMILES string of the molecule is COc1cc(C(=O)NCCCCCCCC(=O)NO)ccc1Cc1c[nH]c2ccc([N+](=O)[O-])cc12. The van der Waals surface area contributed by atoms with Gasteiger partial charge in [-0.05, 0) is 42.2 Å². The Balaban J connectivity index is 1.54. The van der Waals surface area contributed by atoms with E-state index < -0.39 is 4.92 Å². The number of nitro groups is 1. The Kier molecular flexibility index (Phi) is 9.19. The quantitative estimate of drug-likeness (QED) is 0.124. The predicted molar refractivity (Wildman–Crippen MR) is 131 cm³/mol. The minimum Gasteiger partial charge on any atom is -0.496 e. The Labute approximate surface area is 202 Å². The van der Waals surface area contributed by atoms with Crippen molar-refractivity contribution in [1.29, 1.82) is 0 Å². The van der Waals surface area contributed by atoms with Crippen molar-refractivity contribution in [2.24, 2.45) is 0 Å². The van der Waals surface area contributed by atoms with E-state index in [1.165, 1.54) is 6.07 Å². The Morgan fingerprint density at radius 1 is 1.06 bits per heavy atom. The van der Waals surface area contributed by atoms with Gasteiger partial charge in [0.2, 0.25) is 5.91 Å². The van der Waals surface area contributed by atoms with Crippen molar-refractivity contribution in [1.82, 2.24) is 15.8 Å². The zero-order chi connectivity index (χ0) is 25.2. The summed E-state index contributed by atoms with van der Waals surface area (Å²) in [6.07, 6.45) is 6.97. The topological polar surface area (TPSA) is 147 Å². The van der Waals surface area contributed by atoms with Crippen LogP contribution in [0, 0.1) is 10.1 Å². The maximum absolute atomic E-state index is 12.6. The summed E-state index contributed by atoms with van der Waals surface area (Å²) in [4.78, 5) is 37.4. The van der Waals surface area contributed by atoms with E-state index in [-0.39, 0.29) is 17.5 Å². The molecular formula is C25H30N4O6. The maximum Gasteiger partial charge on any atom is 0.270 e. The number of rotatable bonds is 13. The number of hydroxylamine groups is 1. The molecule has 0 radical (unpaired) electrons. The molecule has 186 valence electrons. The molecule has 0 spiro atoms. The number of nitrogens with one attached hydrogen (secondary N) is 3. The van der Waals surface area contributed by atoms with Gasteiger partial charge >= 0.3 is 0 Å². The molecule has 0 bridgehead atoms. The maximum atomic E-state index is 12.6. The second-order valence-corrected chi connectivity index (χ2v) is 8.31. The molecule has 0 unspecified atom stereocenters. The van der Waals surface area contributed by atoms with E-state index in [1.54, 1.807) is 36.9 Å².